The quantitative estimate of drug-likeness (QED) is 0.0273. The zero-order valence-corrected chi connectivity index (χ0v) is 49.7. The van der Waals surface area contributed by atoms with Crippen LogP contribution >= 0.6 is 0 Å². The second-order valence-corrected chi connectivity index (χ2v) is 29.4. The van der Waals surface area contributed by atoms with Crippen molar-refractivity contribution in [2.75, 3.05) is 78.7 Å². The van der Waals surface area contributed by atoms with Gasteiger partial charge in [-0.3, -0.25) is 51.5 Å². The van der Waals surface area contributed by atoms with Crippen molar-refractivity contribution >= 4 is 107 Å². The summed E-state index contributed by atoms with van der Waals surface area (Å²) < 4.78 is 199. The Labute approximate surface area is 479 Å². The van der Waals surface area contributed by atoms with Crippen molar-refractivity contribution in [1.82, 2.24) is 26.3 Å². The minimum atomic E-state index is -4.59. The standard InChI is InChI=1S/C48H61N7O22S6/c1-47(2)39(54(19-5-21-78(60,61)62)37-29-33(43(56)50-15-23-80(66,67)68)27-35(41(37)47)45(58)52-17-25-82(72,73)74)9-7-31(32-11-13-49-14-12-32)8-10-40-48(3,4)42-36(46(59)53-18-26-83(75,76)77)28-34(44(57)51-16-24-81(69,70)71)30-38(42)55(40)20-6-22-79(63,64)65/h7-14,27-30H,5-6,15-26H2,1-4H3,(H9-,50,51,52,53,56,57,58,59,60,61,62,63,64,65,66,67,68,69,70,71,72,73,74,75,76,77)/p+1. The van der Waals surface area contributed by atoms with Crippen LogP contribution in [0.2, 0.25) is 0 Å². The van der Waals surface area contributed by atoms with Gasteiger partial charge in [-0.05, 0) is 73.9 Å². The molecule has 0 bridgehead atoms. The van der Waals surface area contributed by atoms with Gasteiger partial charge in [0.05, 0.1) is 51.1 Å². The lowest BCUT2D eigenvalue weighted by Gasteiger charge is -2.27. The molecule has 83 heavy (non-hydrogen) atoms. The lowest BCUT2D eigenvalue weighted by molar-refractivity contribution is -0.437. The van der Waals surface area contributed by atoms with E-state index in [4.69, 9.17) is 0 Å². The van der Waals surface area contributed by atoms with E-state index in [2.05, 4.69) is 26.3 Å². The number of hydrogen-bond donors (Lipinski definition) is 10. The Morgan fingerprint density at radius 1 is 0.542 bits per heavy atom. The molecule has 2 aliphatic rings. The summed E-state index contributed by atoms with van der Waals surface area (Å²) in [5.41, 5.74) is -1.43. The number of benzene rings is 2. The van der Waals surface area contributed by atoms with E-state index in [1.165, 1.54) is 24.5 Å². The molecule has 4 amide bonds. The van der Waals surface area contributed by atoms with Gasteiger partial charge in [0.15, 0.2) is 5.71 Å². The molecular formula is C48H62N7O22S6+. The summed E-state index contributed by atoms with van der Waals surface area (Å²) in [7, 11) is -27.4. The minimum Gasteiger partial charge on any atom is -0.351 e. The van der Waals surface area contributed by atoms with Crippen molar-refractivity contribution in [2.24, 2.45) is 0 Å². The maximum absolute atomic E-state index is 14.1. The molecule has 2 aliphatic heterocycles. The first-order chi connectivity index (χ1) is 38.1. The van der Waals surface area contributed by atoms with Crippen LogP contribution in [0.1, 0.15) is 98.7 Å². The number of allylic oxidation sites excluding steroid dienone is 6. The molecule has 29 nitrogen and oxygen atoms in total. The molecule has 0 aliphatic carbocycles. The maximum Gasteiger partial charge on any atom is 0.266 e. The fourth-order valence-corrected chi connectivity index (χ4v) is 11.8. The molecule has 35 heteroatoms. The minimum absolute atomic E-state index is 0.124. The van der Waals surface area contributed by atoms with Crippen LogP contribution in [0.3, 0.4) is 0 Å². The van der Waals surface area contributed by atoms with Gasteiger partial charge in [-0.1, -0.05) is 19.9 Å². The average Bonchev–Trinajstić information content (AvgIpc) is 2.45. The fraction of sp³-hybridized carbons (Fsp3) is 0.417. The smallest absolute Gasteiger partial charge is 0.266 e. The summed E-state index contributed by atoms with van der Waals surface area (Å²) in [6.45, 7) is 3.82. The Morgan fingerprint density at radius 3 is 1.42 bits per heavy atom. The molecule has 0 fully saturated rings. The molecule has 5 rings (SSSR count). The van der Waals surface area contributed by atoms with Gasteiger partial charge in [-0.2, -0.15) is 55.1 Å². The highest BCUT2D eigenvalue weighted by Crippen LogP contribution is 2.50. The van der Waals surface area contributed by atoms with E-state index in [1.54, 1.807) is 73.6 Å². The summed E-state index contributed by atoms with van der Waals surface area (Å²) in [6.07, 6.45) is 8.76. The number of aromatic nitrogens is 1. The van der Waals surface area contributed by atoms with Crippen molar-refractivity contribution in [2.45, 2.75) is 51.4 Å². The van der Waals surface area contributed by atoms with Crippen LogP contribution in [-0.4, -0.2) is 191 Å². The third-order valence-electron chi connectivity index (χ3n) is 12.9. The molecule has 0 atom stereocenters. The molecule has 0 unspecified atom stereocenters. The zero-order chi connectivity index (χ0) is 62.3. The number of nitrogens with one attached hydrogen (secondary N) is 4. The summed E-state index contributed by atoms with van der Waals surface area (Å²) in [5, 5.41) is 9.44. The van der Waals surface area contributed by atoms with E-state index < -0.39 is 156 Å². The molecular weight excluding hydrogens is 1220 g/mol. The molecule has 0 saturated heterocycles. The molecule has 10 N–H and O–H groups in total. The van der Waals surface area contributed by atoms with E-state index in [9.17, 15) is 97.0 Å². The molecule has 3 aromatic rings. The Hall–Kier alpha value is -6.38. The van der Waals surface area contributed by atoms with Crippen molar-refractivity contribution in [3.05, 3.63) is 118 Å². The predicted octanol–water partition coefficient (Wildman–Crippen LogP) is 0.806. The number of fused-ring (bicyclic) bond motifs is 2. The van der Waals surface area contributed by atoms with Crippen LogP contribution in [0.4, 0.5) is 11.4 Å². The summed E-state index contributed by atoms with van der Waals surface area (Å²) in [5.74, 6) is -8.91. The highest BCUT2D eigenvalue weighted by molar-refractivity contribution is 7.87. The van der Waals surface area contributed by atoms with Crippen LogP contribution in [-0.2, 0) is 71.5 Å². The lowest BCUT2D eigenvalue weighted by atomic mass is 9.78. The van der Waals surface area contributed by atoms with Gasteiger partial charge >= 0.3 is 0 Å². The normalized spacial score (nSPS) is 16.0. The van der Waals surface area contributed by atoms with Gasteiger partial charge in [0.25, 0.3) is 84.3 Å². The lowest BCUT2D eigenvalue weighted by Crippen LogP contribution is -2.34. The predicted molar refractivity (Wildman–Crippen MR) is 303 cm³/mol. The second-order valence-electron chi connectivity index (χ2n) is 20.0. The summed E-state index contributed by atoms with van der Waals surface area (Å²) in [6, 6.07) is 8.14. The van der Waals surface area contributed by atoms with Gasteiger partial charge in [-0.25, -0.2) is 0 Å². The zero-order valence-electron chi connectivity index (χ0n) is 44.8. The fourth-order valence-electron chi connectivity index (χ4n) is 9.39. The first kappa shape index (κ1) is 67.4. The Balaban J connectivity index is 1.78. The number of pyridine rings is 1. The number of anilines is 1. The van der Waals surface area contributed by atoms with E-state index in [1.807, 2.05) is 0 Å². The number of nitrogens with zero attached hydrogens (tertiary/aromatic N) is 3. The van der Waals surface area contributed by atoms with Crippen LogP contribution in [0.15, 0.2) is 78.8 Å². The first-order valence-corrected chi connectivity index (χ1v) is 34.4. The van der Waals surface area contributed by atoms with Crippen LogP contribution in [0.25, 0.3) is 5.57 Å². The third-order valence-corrected chi connectivity index (χ3v) is 17.4. The van der Waals surface area contributed by atoms with E-state index >= 15 is 0 Å². The topological polar surface area (TPSA) is 462 Å². The van der Waals surface area contributed by atoms with Gasteiger partial charge in [0, 0.05) is 103 Å². The molecule has 2 aromatic carbocycles. The summed E-state index contributed by atoms with van der Waals surface area (Å²) >= 11 is 0. The molecule has 3 heterocycles. The largest absolute Gasteiger partial charge is 0.351 e. The van der Waals surface area contributed by atoms with Crippen molar-refractivity contribution < 1.29 is 102 Å². The number of hydrogen-bond acceptors (Lipinski definition) is 18. The maximum atomic E-state index is 14.1. The number of rotatable bonds is 28. The van der Waals surface area contributed by atoms with Crippen molar-refractivity contribution in [1.29, 1.82) is 0 Å². The number of carbonyl (C=O) groups is 4. The molecule has 456 valence electrons. The van der Waals surface area contributed by atoms with Crippen molar-refractivity contribution in [3.8, 4) is 0 Å². The summed E-state index contributed by atoms with van der Waals surface area (Å²) in [4.78, 5) is 61.2. The van der Waals surface area contributed by atoms with Gasteiger partial charge in [-0.15, -0.1) is 0 Å². The SMILES string of the molecule is CC1(C)C(/C=C/C(=C/C=C2/N(CCCS(=O)(=O)O)c3cc(C(=O)NCCS(=O)(=O)O)cc(C(=O)NCCS(=O)(=O)O)c3C2(C)C)c2ccncc2)=[N+](CCCS(=O)(=O)O)c2cc(C(=O)NCCS(=O)(=O)O)cc(C(=O)NCCS(=O)(=O)O)c21. The monoisotopic (exact) mass is 1280 g/mol. The highest BCUT2D eigenvalue weighted by Gasteiger charge is 2.48. The van der Waals surface area contributed by atoms with Gasteiger partial charge in [0.2, 0.25) is 5.69 Å². The van der Waals surface area contributed by atoms with Gasteiger partial charge < -0.3 is 26.2 Å². The Kier molecular flexibility index (Phi) is 21.3. The van der Waals surface area contributed by atoms with E-state index in [0.29, 0.717) is 22.5 Å². The molecule has 0 saturated carbocycles. The Bertz CT molecular complexity index is 3900. The van der Waals surface area contributed by atoms with Crippen molar-refractivity contribution in [3.63, 3.8) is 0 Å². The molecule has 0 radical (unpaired) electrons. The first-order valence-electron chi connectivity index (χ1n) is 24.7. The Morgan fingerprint density at radius 2 is 0.964 bits per heavy atom. The number of amides is 4. The van der Waals surface area contributed by atoms with Crippen LogP contribution in [0.5, 0.6) is 0 Å². The highest BCUT2D eigenvalue weighted by atomic mass is 32.2. The third kappa shape index (κ3) is 19.3. The van der Waals surface area contributed by atoms with E-state index in [0.717, 1.165) is 12.1 Å². The number of carbonyl (C=O) groups excluding carboxylic acids is 4. The second kappa shape index (κ2) is 26.3. The van der Waals surface area contributed by atoms with E-state index in [-0.39, 0.29) is 70.7 Å². The van der Waals surface area contributed by atoms with Gasteiger partial charge in [0.1, 0.15) is 6.54 Å². The molecule has 0 spiro atoms. The van der Waals surface area contributed by atoms with Crippen LogP contribution < -0.4 is 26.2 Å². The van der Waals surface area contributed by atoms with Crippen LogP contribution in [0, 0.1) is 0 Å². The average molecular weight is 1280 g/mol. The molecule has 1 aromatic heterocycles.